The van der Waals surface area contributed by atoms with Gasteiger partial charge in [-0.15, -0.1) is 10.2 Å². The number of aryl methyl sites for hydroxylation is 1. The molecule has 0 saturated heterocycles. The first-order valence-corrected chi connectivity index (χ1v) is 8.99. The summed E-state index contributed by atoms with van der Waals surface area (Å²) in [4.78, 5) is 30.7. The first kappa shape index (κ1) is 17.6. The number of aromatic nitrogens is 4. The summed E-state index contributed by atoms with van der Waals surface area (Å²) >= 11 is 2.57. The van der Waals surface area contributed by atoms with Crippen LogP contribution in [0.3, 0.4) is 0 Å². The SMILES string of the molecule is CCc1cc(=O)[nH]c(SC(C)C(=O)Nc2nnc(C(C)C)s2)n1. The van der Waals surface area contributed by atoms with Gasteiger partial charge in [0.25, 0.3) is 5.56 Å². The van der Waals surface area contributed by atoms with Crippen molar-refractivity contribution >= 4 is 34.1 Å². The number of H-pyrrole nitrogens is 1. The third kappa shape index (κ3) is 4.87. The number of amides is 1. The van der Waals surface area contributed by atoms with Gasteiger partial charge < -0.3 is 4.98 Å². The van der Waals surface area contributed by atoms with Gasteiger partial charge in [-0.2, -0.15) is 0 Å². The fourth-order valence-electron chi connectivity index (χ4n) is 1.67. The van der Waals surface area contributed by atoms with Crippen molar-refractivity contribution in [3.05, 3.63) is 27.1 Å². The van der Waals surface area contributed by atoms with Gasteiger partial charge in [0, 0.05) is 17.7 Å². The van der Waals surface area contributed by atoms with Gasteiger partial charge in [-0.25, -0.2) is 4.98 Å². The lowest BCUT2D eigenvalue weighted by Crippen LogP contribution is -2.23. The number of anilines is 1. The van der Waals surface area contributed by atoms with Crippen LogP contribution in [0, 0.1) is 0 Å². The van der Waals surface area contributed by atoms with Crippen LogP contribution >= 0.6 is 23.1 Å². The summed E-state index contributed by atoms with van der Waals surface area (Å²) < 4.78 is 0. The third-order valence-corrected chi connectivity index (χ3v) is 5.08. The van der Waals surface area contributed by atoms with E-state index in [1.807, 2.05) is 20.8 Å². The number of hydrogen-bond donors (Lipinski definition) is 2. The second-order valence-corrected chi connectivity index (χ2v) is 7.58. The van der Waals surface area contributed by atoms with Gasteiger partial charge in [0.05, 0.1) is 5.25 Å². The smallest absolute Gasteiger partial charge is 0.251 e. The maximum absolute atomic E-state index is 12.2. The highest BCUT2D eigenvalue weighted by Gasteiger charge is 2.18. The molecule has 0 aliphatic heterocycles. The summed E-state index contributed by atoms with van der Waals surface area (Å²) in [5.74, 6) is 0.0713. The first-order chi connectivity index (χ1) is 10.9. The molecule has 23 heavy (non-hydrogen) atoms. The maximum Gasteiger partial charge on any atom is 0.251 e. The number of thioether (sulfide) groups is 1. The van der Waals surface area contributed by atoms with E-state index in [0.717, 1.165) is 5.01 Å². The molecule has 2 aromatic rings. The Bertz CT molecular complexity index is 741. The van der Waals surface area contributed by atoms with Gasteiger partial charge in [0.15, 0.2) is 5.16 Å². The predicted octanol–water partition coefficient (Wildman–Crippen LogP) is 2.43. The zero-order valence-electron chi connectivity index (χ0n) is 13.4. The van der Waals surface area contributed by atoms with Crippen molar-refractivity contribution in [2.75, 3.05) is 5.32 Å². The van der Waals surface area contributed by atoms with Crippen molar-refractivity contribution in [3.8, 4) is 0 Å². The molecule has 1 amide bonds. The van der Waals surface area contributed by atoms with E-state index < -0.39 is 5.25 Å². The quantitative estimate of drug-likeness (QED) is 0.611. The molecule has 0 aromatic carbocycles. The largest absolute Gasteiger partial charge is 0.301 e. The first-order valence-electron chi connectivity index (χ1n) is 7.30. The highest BCUT2D eigenvalue weighted by molar-refractivity contribution is 8.00. The molecular weight excluding hydrogens is 334 g/mol. The Balaban J connectivity index is 2.02. The Kier molecular flexibility index (Phi) is 5.89. The maximum atomic E-state index is 12.2. The van der Waals surface area contributed by atoms with Crippen LogP contribution in [0.1, 0.15) is 44.3 Å². The summed E-state index contributed by atoms with van der Waals surface area (Å²) in [5, 5.41) is 12.1. The standard InChI is InChI=1S/C14H19N5O2S2/c1-5-9-6-10(20)16-13(15-9)22-8(4)11(21)17-14-19-18-12(23-14)7(2)3/h6-8H,5H2,1-4H3,(H,15,16,20)(H,17,19,21). The molecule has 2 heterocycles. The van der Waals surface area contributed by atoms with E-state index in [1.165, 1.54) is 29.2 Å². The third-order valence-electron chi connectivity index (χ3n) is 2.96. The minimum atomic E-state index is -0.420. The second kappa shape index (κ2) is 7.69. The van der Waals surface area contributed by atoms with Crippen LogP contribution < -0.4 is 10.9 Å². The normalized spacial score (nSPS) is 12.4. The number of carbonyl (C=O) groups is 1. The molecule has 0 bridgehead atoms. The lowest BCUT2D eigenvalue weighted by molar-refractivity contribution is -0.115. The molecule has 2 aromatic heterocycles. The van der Waals surface area contributed by atoms with Gasteiger partial charge in [-0.1, -0.05) is 43.9 Å². The van der Waals surface area contributed by atoms with Crippen LogP contribution in [-0.2, 0) is 11.2 Å². The molecule has 0 saturated carbocycles. The molecule has 0 fully saturated rings. The summed E-state index contributed by atoms with van der Waals surface area (Å²) in [6.45, 7) is 7.72. The molecule has 124 valence electrons. The molecular formula is C14H19N5O2S2. The molecule has 0 spiro atoms. The molecule has 0 aliphatic rings. The average Bonchev–Trinajstić information content (AvgIpc) is 2.95. The summed E-state index contributed by atoms with van der Waals surface area (Å²) in [5.41, 5.74) is 0.493. The molecule has 2 N–H and O–H groups in total. The van der Waals surface area contributed by atoms with Crippen molar-refractivity contribution in [1.29, 1.82) is 0 Å². The van der Waals surface area contributed by atoms with Crippen molar-refractivity contribution in [3.63, 3.8) is 0 Å². The highest BCUT2D eigenvalue weighted by Crippen LogP contribution is 2.24. The zero-order chi connectivity index (χ0) is 17.0. The van der Waals surface area contributed by atoms with Crippen LogP contribution in [0.15, 0.2) is 16.0 Å². The van der Waals surface area contributed by atoms with Crippen molar-refractivity contribution < 1.29 is 4.79 Å². The average molecular weight is 353 g/mol. The number of aromatic amines is 1. The fraction of sp³-hybridized carbons (Fsp3) is 0.500. The number of carbonyl (C=O) groups excluding carboxylic acids is 1. The van der Waals surface area contributed by atoms with Crippen LogP contribution in [0.2, 0.25) is 0 Å². The van der Waals surface area contributed by atoms with E-state index in [-0.39, 0.29) is 17.4 Å². The predicted molar refractivity (Wildman–Crippen MR) is 92.2 cm³/mol. The van der Waals surface area contributed by atoms with Gasteiger partial charge in [0.1, 0.15) is 5.01 Å². The summed E-state index contributed by atoms with van der Waals surface area (Å²) in [6.07, 6.45) is 0.667. The molecule has 7 nitrogen and oxygen atoms in total. The van der Waals surface area contributed by atoms with Gasteiger partial charge in [-0.3, -0.25) is 14.9 Å². The summed E-state index contributed by atoms with van der Waals surface area (Å²) in [7, 11) is 0. The minimum Gasteiger partial charge on any atom is -0.301 e. The number of nitrogens with zero attached hydrogens (tertiary/aromatic N) is 3. The van der Waals surface area contributed by atoms with E-state index >= 15 is 0 Å². The van der Waals surface area contributed by atoms with Crippen molar-refractivity contribution in [1.82, 2.24) is 20.2 Å². The van der Waals surface area contributed by atoms with E-state index in [4.69, 9.17) is 0 Å². The Hall–Kier alpha value is -1.74. The molecule has 0 radical (unpaired) electrons. The number of rotatable bonds is 6. The van der Waals surface area contributed by atoms with Gasteiger partial charge in [-0.05, 0) is 13.3 Å². The second-order valence-electron chi connectivity index (χ2n) is 5.24. The molecule has 1 unspecified atom stereocenters. The van der Waals surface area contributed by atoms with Crippen LogP contribution in [-0.4, -0.2) is 31.3 Å². The Morgan fingerprint density at radius 1 is 1.39 bits per heavy atom. The topological polar surface area (TPSA) is 101 Å². The lowest BCUT2D eigenvalue weighted by Gasteiger charge is -2.09. The van der Waals surface area contributed by atoms with E-state index in [9.17, 15) is 9.59 Å². The minimum absolute atomic E-state index is 0.203. The molecule has 9 heteroatoms. The molecule has 0 aliphatic carbocycles. The zero-order valence-corrected chi connectivity index (χ0v) is 15.0. The van der Waals surface area contributed by atoms with Gasteiger partial charge in [0.2, 0.25) is 11.0 Å². The monoisotopic (exact) mass is 353 g/mol. The number of hydrogen-bond acceptors (Lipinski definition) is 7. The number of nitrogens with one attached hydrogen (secondary N) is 2. The van der Waals surface area contributed by atoms with E-state index in [0.29, 0.717) is 22.4 Å². The van der Waals surface area contributed by atoms with Crippen molar-refractivity contribution in [2.45, 2.75) is 50.4 Å². The van der Waals surface area contributed by atoms with Crippen LogP contribution in [0.25, 0.3) is 0 Å². The molecule has 1 atom stereocenters. The highest BCUT2D eigenvalue weighted by atomic mass is 32.2. The Morgan fingerprint density at radius 2 is 2.13 bits per heavy atom. The van der Waals surface area contributed by atoms with E-state index in [1.54, 1.807) is 6.92 Å². The van der Waals surface area contributed by atoms with Crippen LogP contribution in [0.5, 0.6) is 0 Å². The van der Waals surface area contributed by atoms with Gasteiger partial charge >= 0.3 is 0 Å². The summed E-state index contributed by atoms with van der Waals surface area (Å²) in [6, 6.07) is 1.46. The van der Waals surface area contributed by atoms with Crippen molar-refractivity contribution in [2.24, 2.45) is 0 Å². The fourth-order valence-corrected chi connectivity index (χ4v) is 3.25. The Morgan fingerprint density at radius 3 is 2.74 bits per heavy atom. The lowest BCUT2D eigenvalue weighted by atomic mass is 10.2. The Labute approximate surface area is 142 Å². The van der Waals surface area contributed by atoms with E-state index in [2.05, 4.69) is 25.5 Å². The van der Waals surface area contributed by atoms with Crippen LogP contribution in [0.4, 0.5) is 5.13 Å². The molecule has 2 rings (SSSR count).